The highest BCUT2D eigenvalue weighted by atomic mass is 35.5. The van der Waals surface area contributed by atoms with Crippen molar-refractivity contribution in [3.8, 4) is 11.3 Å². The summed E-state index contributed by atoms with van der Waals surface area (Å²) in [4.78, 5) is 21.6. The van der Waals surface area contributed by atoms with Crippen LogP contribution in [0.1, 0.15) is 17.0 Å². The fourth-order valence-electron chi connectivity index (χ4n) is 3.35. The summed E-state index contributed by atoms with van der Waals surface area (Å²) >= 11 is 12.5. The number of benzene rings is 1. The van der Waals surface area contributed by atoms with Gasteiger partial charge in [-0.2, -0.15) is 5.10 Å². The molecule has 4 aromatic rings. The van der Waals surface area contributed by atoms with Crippen molar-refractivity contribution in [3.63, 3.8) is 0 Å². The van der Waals surface area contributed by atoms with Gasteiger partial charge in [-0.3, -0.25) is 13.9 Å². The minimum Gasteiger partial charge on any atom is -0.326 e. The van der Waals surface area contributed by atoms with Gasteiger partial charge in [0, 0.05) is 47.7 Å². The van der Waals surface area contributed by atoms with E-state index in [0.29, 0.717) is 27.3 Å². The number of halogens is 2. The molecule has 8 nitrogen and oxygen atoms in total. The van der Waals surface area contributed by atoms with Gasteiger partial charge in [0.25, 0.3) is 0 Å². The maximum Gasteiger partial charge on any atom is 0.234 e. The van der Waals surface area contributed by atoms with Gasteiger partial charge in [0.05, 0.1) is 29.0 Å². The van der Waals surface area contributed by atoms with E-state index in [1.165, 1.54) is 0 Å². The first-order valence-corrected chi connectivity index (χ1v) is 9.93. The zero-order valence-electron chi connectivity index (χ0n) is 16.4. The van der Waals surface area contributed by atoms with E-state index in [0.717, 1.165) is 22.5 Å². The standard InChI is InChI=1S/C20H19Cl2N7O/c1-11-15(9-23)19(14-4-3-12(21)7-16(14)22)29-10-13(26-20(29)25-11)8-18(30)27-17-5-6-24-28(17)2/h3-7,10H,8-9,23H2,1-2H3,(H,27,30). The number of anilines is 1. The molecular weight excluding hydrogens is 425 g/mol. The van der Waals surface area contributed by atoms with Crippen molar-refractivity contribution in [2.75, 3.05) is 5.32 Å². The maximum atomic E-state index is 12.5. The Morgan fingerprint density at radius 2 is 2.03 bits per heavy atom. The number of hydrogen-bond acceptors (Lipinski definition) is 5. The van der Waals surface area contributed by atoms with E-state index in [1.807, 2.05) is 17.4 Å². The lowest BCUT2D eigenvalue weighted by Crippen LogP contribution is -2.16. The molecule has 0 spiro atoms. The second-order valence-corrected chi connectivity index (χ2v) is 7.66. The topological polar surface area (TPSA) is 103 Å². The summed E-state index contributed by atoms with van der Waals surface area (Å²) in [5.74, 6) is 0.870. The number of nitrogens with two attached hydrogens (primary N) is 1. The van der Waals surface area contributed by atoms with Crippen LogP contribution in [0.25, 0.3) is 17.0 Å². The maximum absolute atomic E-state index is 12.5. The number of aryl methyl sites for hydroxylation is 2. The van der Waals surface area contributed by atoms with Crippen LogP contribution in [0, 0.1) is 6.92 Å². The number of nitrogens with one attached hydrogen (secondary N) is 1. The molecule has 0 fully saturated rings. The van der Waals surface area contributed by atoms with Gasteiger partial charge in [0.1, 0.15) is 5.82 Å². The third-order valence-corrected chi connectivity index (χ3v) is 5.34. The minimum atomic E-state index is -0.205. The Kier molecular flexibility index (Phi) is 5.46. The molecule has 0 atom stereocenters. The largest absolute Gasteiger partial charge is 0.326 e. The Bertz CT molecular complexity index is 1260. The van der Waals surface area contributed by atoms with Crippen LogP contribution in [0.15, 0.2) is 36.7 Å². The molecule has 0 aliphatic rings. The van der Waals surface area contributed by atoms with E-state index in [1.54, 1.807) is 42.3 Å². The Balaban J connectivity index is 1.77. The molecule has 0 unspecified atom stereocenters. The van der Waals surface area contributed by atoms with Crippen LogP contribution in [0.4, 0.5) is 5.82 Å². The van der Waals surface area contributed by atoms with Crippen molar-refractivity contribution in [2.45, 2.75) is 19.9 Å². The molecule has 0 bridgehead atoms. The van der Waals surface area contributed by atoms with Gasteiger partial charge < -0.3 is 11.1 Å². The van der Waals surface area contributed by atoms with Gasteiger partial charge in [-0.15, -0.1) is 0 Å². The Morgan fingerprint density at radius 1 is 1.23 bits per heavy atom. The van der Waals surface area contributed by atoms with Crippen molar-refractivity contribution < 1.29 is 4.79 Å². The highest BCUT2D eigenvalue weighted by Crippen LogP contribution is 2.34. The molecule has 3 heterocycles. The molecule has 154 valence electrons. The van der Waals surface area contributed by atoms with Crippen molar-refractivity contribution in [2.24, 2.45) is 12.8 Å². The number of rotatable bonds is 5. The zero-order valence-corrected chi connectivity index (χ0v) is 17.9. The number of carbonyl (C=O) groups is 1. The normalized spacial score (nSPS) is 11.2. The lowest BCUT2D eigenvalue weighted by Gasteiger charge is -2.14. The third-order valence-electron chi connectivity index (χ3n) is 4.79. The van der Waals surface area contributed by atoms with Gasteiger partial charge in [-0.25, -0.2) is 9.97 Å². The highest BCUT2D eigenvalue weighted by Gasteiger charge is 2.19. The molecule has 3 N–H and O–H groups in total. The molecule has 0 aliphatic heterocycles. The van der Waals surface area contributed by atoms with Crippen LogP contribution < -0.4 is 11.1 Å². The number of amides is 1. The van der Waals surface area contributed by atoms with Gasteiger partial charge in [0.2, 0.25) is 11.7 Å². The zero-order chi connectivity index (χ0) is 21.4. The van der Waals surface area contributed by atoms with E-state index < -0.39 is 0 Å². The summed E-state index contributed by atoms with van der Waals surface area (Å²) in [7, 11) is 1.75. The number of imidazole rings is 1. The minimum absolute atomic E-state index is 0.0827. The first-order valence-electron chi connectivity index (χ1n) is 9.18. The molecule has 30 heavy (non-hydrogen) atoms. The van der Waals surface area contributed by atoms with Crippen molar-refractivity contribution in [1.82, 2.24) is 24.1 Å². The average Bonchev–Trinajstić information content (AvgIpc) is 3.26. The SMILES string of the molecule is Cc1nc2nc(CC(=O)Nc3ccnn3C)cn2c(-c2ccc(Cl)cc2Cl)c1CN. The smallest absolute Gasteiger partial charge is 0.234 e. The molecule has 4 rings (SSSR count). The van der Waals surface area contributed by atoms with E-state index >= 15 is 0 Å². The third kappa shape index (κ3) is 3.77. The Hall–Kier alpha value is -2.94. The van der Waals surface area contributed by atoms with Gasteiger partial charge >= 0.3 is 0 Å². The van der Waals surface area contributed by atoms with Crippen LogP contribution in [-0.2, 0) is 24.8 Å². The monoisotopic (exact) mass is 443 g/mol. The van der Waals surface area contributed by atoms with E-state index in [-0.39, 0.29) is 18.9 Å². The Labute approximate surface area is 182 Å². The second-order valence-electron chi connectivity index (χ2n) is 6.82. The predicted octanol–water partition coefficient (Wildman–Crippen LogP) is 3.38. The van der Waals surface area contributed by atoms with Gasteiger partial charge in [-0.05, 0) is 25.1 Å². The summed E-state index contributed by atoms with van der Waals surface area (Å²) in [6.45, 7) is 2.15. The van der Waals surface area contributed by atoms with Crippen molar-refractivity contribution >= 4 is 40.7 Å². The molecule has 3 aromatic heterocycles. The highest BCUT2D eigenvalue weighted by molar-refractivity contribution is 6.36. The molecule has 10 heteroatoms. The predicted molar refractivity (Wildman–Crippen MR) is 117 cm³/mol. The molecule has 0 saturated heterocycles. The second kappa shape index (κ2) is 8.06. The summed E-state index contributed by atoms with van der Waals surface area (Å²) in [6, 6.07) is 7.01. The van der Waals surface area contributed by atoms with Crippen LogP contribution in [0.3, 0.4) is 0 Å². The average molecular weight is 444 g/mol. The van der Waals surface area contributed by atoms with E-state index in [9.17, 15) is 4.79 Å². The first-order chi connectivity index (χ1) is 14.4. The Morgan fingerprint density at radius 3 is 2.70 bits per heavy atom. The molecule has 0 aliphatic carbocycles. The van der Waals surface area contributed by atoms with Crippen molar-refractivity contribution in [3.05, 3.63) is 63.7 Å². The summed E-state index contributed by atoms with van der Waals surface area (Å²) < 4.78 is 3.40. The van der Waals surface area contributed by atoms with Gasteiger partial charge in [0.15, 0.2) is 0 Å². The van der Waals surface area contributed by atoms with Crippen molar-refractivity contribution in [1.29, 1.82) is 0 Å². The van der Waals surface area contributed by atoms with E-state index in [2.05, 4.69) is 20.4 Å². The van der Waals surface area contributed by atoms with Crippen LogP contribution in [0.2, 0.25) is 10.0 Å². The quantitative estimate of drug-likeness (QED) is 0.491. The molecule has 0 radical (unpaired) electrons. The summed E-state index contributed by atoms with van der Waals surface area (Å²) in [5.41, 5.74) is 9.74. The molecule has 1 aromatic carbocycles. The molecule has 1 amide bonds. The number of aromatic nitrogens is 5. The van der Waals surface area contributed by atoms with Crippen LogP contribution >= 0.6 is 23.2 Å². The summed E-state index contributed by atoms with van der Waals surface area (Å²) in [6.07, 6.45) is 3.48. The van der Waals surface area contributed by atoms with Crippen LogP contribution in [0.5, 0.6) is 0 Å². The lowest BCUT2D eigenvalue weighted by atomic mass is 10.0. The number of nitrogens with zero attached hydrogens (tertiary/aromatic N) is 5. The number of hydrogen-bond donors (Lipinski definition) is 2. The fraction of sp³-hybridized carbons (Fsp3) is 0.200. The van der Waals surface area contributed by atoms with Crippen LogP contribution in [-0.4, -0.2) is 30.1 Å². The number of fused-ring (bicyclic) bond motifs is 1. The fourth-order valence-corrected chi connectivity index (χ4v) is 3.85. The number of carbonyl (C=O) groups excluding carboxylic acids is 1. The first kappa shape index (κ1) is 20.3. The molecular formula is C20H19Cl2N7O. The van der Waals surface area contributed by atoms with Gasteiger partial charge in [-0.1, -0.05) is 23.2 Å². The molecule has 0 saturated carbocycles. The lowest BCUT2D eigenvalue weighted by molar-refractivity contribution is -0.115. The summed E-state index contributed by atoms with van der Waals surface area (Å²) in [5, 5.41) is 7.89. The van der Waals surface area contributed by atoms with E-state index in [4.69, 9.17) is 28.9 Å².